The van der Waals surface area contributed by atoms with E-state index in [2.05, 4.69) is 43.3 Å². The highest BCUT2D eigenvalue weighted by molar-refractivity contribution is 5.89. The summed E-state index contributed by atoms with van der Waals surface area (Å²) in [7, 11) is 4.16. The SMILES string of the molecule is CN(C)C1(C(=O)CC2CCCc3ccccc32)CCCC1. The van der Waals surface area contributed by atoms with Gasteiger partial charge in [-0.15, -0.1) is 0 Å². The molecule has 1 aromatic carbocycles. The summed E-state index contributed by atoms with van der Waals surface area (Å²) >= 11 is 0. The van der Waals surface area contributed by atoms with Crippen molar-refractivity contribution >= 4 is 5.78 Å². The molecule has 0 aliphatic heterocycles. The molecule has 0 bridgehead atoms. The fraction of sp³-hybridized carbons (Fsp3) is 0.632. The van der Waals surface area contributed by atoms with Gasteiger partial charge in [-0.05, 0) is 63.2 Å². The zero-order valence-corrected chi connectivity index (χ0v) is 13.4. The van der Waals surface area contributed by atoms with Crippen LogP contribution in [-0.4, -0.2) is 30.3 Å². The van der Waals surface area contributed by atoms with E-state index >= 15 is 0 Å². The van der Waals surface area contributed by atoms with E-state index in [9.17, 15) is 4.79 Å². The van der Waals surface area contributed by atoms with Crippen LogP contribution in [0.2, 0.25) is 0 Å². The first-order valence-corrected chi connectivity index (χ1v) is 8.42. The largest absolute Gasteiger partial charge is 0.298 e. The monoisotopic (exact) mass is 285 g/mol. The number of ketones is 1. The van der Waals surface area contributed by atoms with Crippen LogP contribution in [0.4, 0.5) is 0 Å². The second-order valence-corrected chi connectivity index (χ2v) is 7.05. The first-order valence-electron chi connectivity index (χ1n) is 8.42. The van der Waals surface area contributed by atoms with Crippen molar-refractivity contribution in [2.24, 2.45) is 0 Å². The molecule has 2 aliphatic rings. The Bertz CT molecular complexity index is 514. The lowest BCUT2D eigenvalue weighted by Crippen LogP contribution is -2.49. The molecule has 21 heavy (non-hydrogen) atoms. The van der Waals surface area contributed by atoms with Crippen LogP contribution in [0.5, 0.6) is 0 Å². The lowest BCUT2D eigenvalue weighted by molar-refractivity contribution is -0.130. The predicted octanol–water partition coefficient (Wildman–Crippen LogP) is 3.94. The zero-order valence-electron chi connectivity index (χ0n) is 13.4. The average Bonchev–Trinajstić information content (AvgIpc) is 2.98. The van der Waals surface area contributed by atoms with Crippen LogP contribution < -0.4 is 0 Å². The van der Waals surface area contributed by atoms with Crippen LogP contribution in [0.3, 0.4) is 0 Å². The molecule has 2 nitrogen and oxygen atoms in total. The summed E-state index contributed by atoms with van der Waals surface area (Å²) in [6.07, 6.45) is 8.81. The summed E-state index contributed by atoms with van der Waals surface area (Å²) in [6, 6.07) is 8.73. The summed E-state index contributed by atoms with van der Waals surface area (Å²) < 4.78 is 0. The Morgan fingerprint density at radius 1 is 1.19 bits per heavy atom. The van der Waals surface area contributed by atoms with Crippen LogP contribution in [0, 0.1) is 0 Å². The molecular weight excluding hydrogens is 258 g/mol. The van der Waals surface area contributed by atoms with E-state index in [1.54, 1.807) is 0 Å². The molecule has 1 atom stereocenters. The molecular formula is C19H27NO. The van der Waals surface area contributed by atoms with Crippen LogP contribution in [0.15, 0.2) is 24.3 Å². The number of benzene rings is 1. The zero-order chi connectivity index (χ0) is 14.9. The summed E-state index contributed by atoms with van der Waals surface area (Å²) in [4.78, 5) is 15.2. The van der Waals surface area contributed by atoms with Crippen molar-refractivity contribution in [2.75, 3.05) is 14.1 Å². The van der Waals surface area contributed by atoms with Gasteiger partial charge in [0.05, 0.1) is 5.54 Å². The Labute approximate surface area is 128 Å². The standard InChI is InChI=1S/C19H27NO/c1-20(2)19(12-5-6-13-19)18(21)14-16-10-7-9-15-8-3-4-11-17(15)16/h3-4,8,11,16H,5-7,9-10,12-14H2,1-2H3. The molecule has 114 valence electrons. The van der Waals surface area contributed by atoms with Crippen molar-refractivity contribution < 1.29 is 4.79 Å². The van der Waals surface area contributed by atoms with Crippen LogP contribution >= 0.6 is 0 Å². The molecule has 1 aromatic rings. The van der Waals surface area contributed by atoms with Crippen molar-refractivity contribution in [3.05, 3.63) is 35.4 Å². The van der Waals surface area contributed by atoms with E-state index in [0.29, 0.717) is 11.7 Å². The molecule has 0 amide bonds. The molecule has 1 saturated carbocycles. The van der Waals surface area contributed by atoms with Gasteiger partial charge in [0, 0.05) is 6.42 Å². The first-order chi connectivity index (χ1) is 10.1. The quantitative estimate of drug-likeness (QED) is 0.835. The van der Waals surface area contributed by atoms with E-state index in [4.69, 9.17) is 0 Å². The van der Waals surface area contributed by atoms with Gasteiger partial charge in [0.25, 0.3) is 0 Å². The number of fused-ring (bicyclic) bond motifs is 1. The number of carbonyl (C=O) groups is 1. The number of hydrogen-bond donors (Lipinski definition) is 0. The van der Waals surface area contributed by atoms with Gasteiger partial charge >= 0.3 is 0 Å². The topological polar surface area (TPSA) is 20.3 Å². The maximum atomic E-state index is 13.0. The second kappa shape index (κ2) is 5.92. The minimum atomic E-state index is -0.174. The first kappa shape index (κ1) is 14.8. The van der Waals surface area contributed by atoms with E-state index in [1.165, 1.54) is 43.2 Å². The number of Topliss-reactive ketones (excluding diaryl/α,β-unsaturated/α-hetero) is 1. The third-order valence-electron chi connectivity index (χ3n) is 5.73. The van der Waals surface area contributed by atoms with Gasteiger partial charge in [0.2, 0.25) is 0 Å². The summed E-state index contributed by atoms with van der Waals surface area (Å²) in [5, 5.41) is 0. The molecule has 1 unspecified atom stereocenters. The molecule has 0 heterocycles. The van der Waals surface area contributed by atoms with Crippen molar-refractivity contribution in [3.8, 4) is 0 Å². The smallest absolute Gasteiger partial charge is 0.153 e. The molecule has 2 heteroatoms. The second-order valence-electron chi connectivity index (χ2n) is 7.05. The van der Waals surface area contributed by atoms with Crippen LogP contribution in [0.25, 0.3) is 0 Å². The molecule has 2 aliphatic carbocycles. The van der Waals surface area contributed by atoms with Crippen LogP contribution in [-0.2, 0) is 11.2 Å². The fourth-order valence-electron chi connectivity index (χ4n) is 4.42. The minimum absolute atomic E-state index is 0.174. The Morgan fingerprint density at radius 2 is 1.90 bits per heavy atom. The van der Waals surface area contributed by atoms with Gasteiger partial charge in [-0.25, -0.2) is 0 Å². The Morgan fingerprint density at radius 3 is 2.62 bits per heavy atom. The molecule has 0 radical (unpaired) electrons. The van der Waals surface area contributed by atoms with Gasteiger partial charge < -0.3 is 0 Å². The number of nitrogens with zero attached hydrogens (tertiary/aromatic N) is 1. The summed E-state index contributed by atoms with van der Waals surface area (Å²) in [5.74, 6) is 0.923. The summed E-state index contributed by atoms with van der Waals surface area (Å²) in [6.45, 7) is 0. The third kappa shape index (κ3) is 2.66. The van der Waals surface area contributed by atoms with E-state index in [-0.39, 0.29) is 5.54 Å². The maximum absolute atomic E-state index is 13.0. The van der Waals surface area contributed by atoms with Crippen molar-refractivity contribution in [2.45, 2.75) is 62.8 Å². The highest BCUT2D eigenvalue weighted by Gasteiger charge is 2.43. The normalized spacial score (nSPS) is 24.0. The minimum Gasteiger partial charge on any atom is -0.298 e. The Hall–Kier alpha value is -1.15. The average molecular weight is 285 g/mol. The molecule has 0 spiro atoms. The predicted molar refractivity (Wildman–Crippen MR) is 86.6 cm³/mol. The van der Waals surface area contributed by atoms with Gasteiger partial charge in [0.15, 0.2) is 5.78 Å². The van der Waals surface area contributed by atoms with Gasteiger partial charge in [-0.1, -0.05) is 37.1 Å². The number of rotatable bonds is 4. The van der Waals surface area contributed by atoms with Gasteiger partial charge in [-0.2, -0.15) is 0 Å². The fourth-order valence-corrected chi connectivity index (χ4v) is 4.42. The molecule has 0 N–H and O–H groups in total. The van der Waals surface area contributed by atoms with Crippen molar-refractivity contribution in [1.29, 1.82) is 0 Å². The van der Waals surface area contributed by atoms with Crippen molar-refractivity contribution in [1.82, 2.24) is 4.90 Å². The lowest BCUT2D eigenvalue weighted by Gasteiger charge is -2.36. The Balaban J connectivity index is 1.79. The maximum Gasteiger partial charge on any atom is 0.153 e. The van der Waals surface area contributed by atoms with Gasteiger partial charge in [0.1, 0.15) is 0 Å². The number of carbonyl (C=O) groups excluding carboxylic acids is 1. The van der Waals surface area contributed by atoms with Crippen molar-refractivity contribution in [3.63, 3.8) is 0 Å². The Kier molecular flexibility index (Phi) is 4.17. The number of likely N-dealkylation sites (N-methyl/N-ethyl adjacent to an activating group) is 1. The number of aryl methyl sites for hydroxylation is 1. The highest BCUT2D eigenvalue weighted by atomic mass is 16.1. The van der Waals surface area contributed by atoms with Gasteiger partial charge in [-0.3, -0.25) is 9.69 Å². The number of hydrogen-bond acceptors (Lipinski definition) is 2. The molecule has 0 aromatic heterocycles. The molecule has 0 saturated heterocycles. The lowest BCUT2D eigenvalue weighted by atomic mass is 9.77. The van der Waals surface area contributed by atoms with E-state index < -0.39 is 0 Å². The van der Waals surface area contributed by atoms with E-state index in [1.807, 2.05) is 0 Å². The molecule has 1 fully saturated rings. The molecule has 3 rings (SSSR count). The summed E-state index contributed by atoms with van der Waals surface area (Å²) in [5.41, 5.74) is 2.72. The third-order valence-corrected chi connectivity index (χ3v) is 5.73. The van der Waals surface area contributed by atoms with E-state index in [0.717, 1.165) is 19.3 Å². The highest BCUT2D eigenvalue weighted by Crippen LogP contribution is 2.40. The van der Waals surface area contributed by atoms with Crippen LogP contribution in [0.1, 0.15) is 62.0 Å².